The molecule has 0 aromatic rings. The van der Waals surface area contributed by atoms with Crippen LogP contribution in [0.15, 0.2) is 11.6 Å². The molecule has 3 heteroatoms. The van der Waals surface area contributed by atoms with E-state index in [0.717, 1.165) is 39.0 Å². The van der Waals surface area contributed by atoms with Crippen molar-refractivity contribution in [3.8, 4) is 6.07 Å². The molecule has 1 aliphatic rings. The maximum Gasteiger partial charge on any atom is 0.0985 e. The summed E-state index contributed by atoms with van der Waals surface area (Å²) in [5.41, 5.74) is 1.44. The quantitative estimate of drug-likeness (QED) is 0.718. The second-order valence-corrected chi connectivity index (χ2v) is 5.78. The zero-order chi connectivity index (χ0) is 14.3. The van der Waals surface area contributed by atoms with E-state index in [4.69, 9.17) is 0 Å². The topological polar surface area (TPSA) is 39.1 Å². The Morgan fingerprint density at radius 3 is 2.68 bits per heavy atom. The summed E-state index contributed by atoms with van der Waals surface area (Å²) in [7, 11) is 0. The van der Waals surface area contributed by atoms with Gasteiger partial charge in [0.25, 0.3) is 0 Å². The monoisotopic (exact) mass is 263 g/mol. The number of nitrogens with one attached hydrogen (secondary N) is 1. The molecule has 0 fully saturated rings. The van der Waals surface area contributed by atoms with Crippen LogP contribution in [0.25, 0.3) is 0 Å². The van der Waals surface area contributed by atoms with Gasteiger partial charge >= 0.3 is 0 Å². The zero-order valence-electron chi connectivity index (χ0n) is 12.9. The van der Waals surface area contributed by atoms with E-state index in [-0.39, 0.29) is 6.04 Å². The Labute approximate surface area is 118 Å². The minimum absolute atomic E-state index is 0.00154. The number of nitrogens with zero attached hydrogens (tertiary/aromatic N) is 2. The van der Waals surface area contributed by atoms with Crippen molar-refractivity contribution in [2.24, 2.45) is 11.8 Å². The van der Waals surface area contributed by atoms with Gasteiger partial charge in [-0.3, -0.25) is 0 Å². The van der Waals surface area contributed by atoms with Gasteiger partial charge in [-0.25, -0.2) is 0 Å². The van der Waals surface area contributed by atoms with E-state index in [1.165, 1.54) is 5.57 Å². The second-order valence-electron chi connectivity index (χ2n) is 5.78. The molecular weight excluding hydrogens is 234 g/mol. The lowest BCUT2D eigenvalue weighted by Gasteiger charge is -2.30. The van der Waals surface area contributed by atoms with Gasteiger partial charge in [-0.1, -0.05) is 32.4 Å². The Morgan fingerprint density at radius 2 is 2.16 bits per heavy atom. The Bertz CT molecular complexity index is 325. The molecule has 0 aromatic carbocycles. The fourth-order valence-corrected chi connectivity index (χ4v) is 3.09. The van der Waals surface area contributed by atoms with Crippen LogP contribution in [0.3, 0.4) is 0 Å². The molecule has 3 nitrogen and oxygen atoms in total. The van der Waals surface area contributed by atoms with Crippen LogP contribution in [0.1, 0.15) is 40.5 Å². The van der Waals surface area contributed by atoms with Gasteiger partial charge in [0.2, 0.25) is 0 Å². The average Bonchev–Trinajstić information content (AvgIpc) is 2.38. The van der Waals surface area contributed by atoms with E-state index in [9.17, 15) is 5.26 Å². The predicted molar refractivity (Wildman–Crippen MR) is 80.8 cm³/mol. The van der Waals surface area contributed by atoms with Gasteiger partial charge in [0.1, 0.15) is 0 Å². The maximum atomic E-state index is 9.38. The first-order chi connectivity index (χ1) is 9.10. The Hall–Kier alpha value is -0.850. The number of rotatable bonds is 7. The van der Waals surface area contributed by atoms with Crippen LogP contribution >= 0.6 is 0 Å². The number of allylic oxidation sites excluding steroid dienone is 2. The molecule has 0 saturated heterocycles. The Balaban J connectivity index is 2.42. The third-order valence-corrected chi connectivity index (χ3v) is 4.12. The molecule has 0 heterocycles. The molecule has 0 aromatic heterocycles. The molecule has 1 aliphatic carbocycles. The van der Waals surface area contributed by atoms with Crippen molar-refractivity contribution in [1.29, 1.82) is 5.26 Å². The summed E-state index contributed by atoms with van der Waals surface area (Å²) >= 11 is 0. The van der Waals surface area contributed by atoms with Crippen LogP contribution in [0.5, 0.6) is 0 Å². The highest BCUT2D eigenvalue weighted by Crippen LogP contribution is 2.29. The van der Waals surface area contributed by atoms with Crippen molar-refractivity contribution in [3.05, 3.63) is 11.6 Å². The SMILES string of the molecule is CCN(CC)CCNC(C#N)C1CC(C)=CC(C)C1. The molecule has 19 heavy (non-hydrogen) atoms. The highest BCUT2D eigenvalue weighted by molar-refractivity contribution is 5.10. The summed E-state index contributed by atoms with van der Waals surface area (Å²) in [6.07, 6.45) is 4.55. The van der Waals surface area contributed by atoms with E-state index in [0.29, 0.717) is 11.8 Å². The van der Waals surface area contributed by atoms with Crippen LogP contribution in [0.2, 0.25) is 0 Å². The van der Waals surface area contributed by atoms with Gasteiger partial charge in [-0.2, -0.15) is 5.26 Å². The number of nitriles is 1. The maximum absolute atomic E-state index is 9.38. The summed E-state index contributed by atoms with van der Waals surface area (Å²) in [6.45, 7) is 12.9. The molecule has 3 atom stereocenters. The Morgan fingerprint density at radius 1 is 1.47 bits per heavy atom. The lowest BCUT2D eigenvalue weighted by molar-refractivity contribution is 0.282. The molecule has 108 valence electrons. The molecule has 1 N–H and O–H groups in total. The van der Waals surface area contributed by atoms with Gasteiger partial charge in [0.15, 0.2) is 0 Å². The van der Waals surface area contributed by atoms with Gasteiger partial charge in [0.05, 0.1) is 12.1 Å². The second kappa shape index (κ2) is 8.35. The Kier molecular flexibility index (Phi) is 7.12. The van der Waals surface area contributed by atoms with Gasteiger partial charge in [-0.05, 0) is 44.7 Å². The van der Waals surface area contributed by atoms with Crippen molar-refractivity contribution in [3.63, 3.8) is 0 Å². The molecule has 0 saturated carbocycles. The third-order valence-electron chi connectivity index (χ3n) is 4.12. The van der Waals surface area contributed by atoms with E-state index >= 15 is 0 Å². The van der Waals surface area contributed by atoms with Crippen LogP contribution in [-0.2, 0) is 0 Å². The van der Waals surface area contributed by atoms with Crippen LogP contribution in [0, 0.1) is 23.2 Å². The summed E-state index contributed by atoms with van der Waals surface area (Å²) in [4.78, 5) is 2.39. The number of hydrogen-bond donors (Lipinski definition) is 1. The summed E-state index contributed by atoms with van der Waals surface area (Å²) in [5.74, 6) is 1.08. The van der Waals surface area contributed by atoms with Crippen molar-refractivity contribution in [1.82, 2.24) is 10.2 Å². The number of likely N-dealkylation sites (N-methyl/N-ethyl adjacent to an activating group) is 1. The van der Waals surface area contributed by atoms with E-state index in [1.807, 2.05) is 0 Å². The third kappa shape index (κ3) is 5.34. The summed E-state index contributed by atoms with van der Waals surface area (Å²) in [5, 5.41) is 12.8. The van der Waals surface area contributed by atoms with Gasteiger partial charge in [-0.15, -0.1) is 0 Å². The van der Waals surface area contributed by atoms with E-state index < -0.39 is 0 Å². The van der Waals surface area contributed by atoms with Crippen molar-refractivity contribution in [2.45, 2.75) is 46.6 Å². The van der Waals surface area contributed by atoms with Crippen molar-refractivity contribution < 1.29 is 0 Å². The largest absolute Gasteiger partial charge is 0.303 e. The smallest absolute Gasteiger partial charge is 0.0985 e. The first-order valence-corrected chi connectivity index (χ1v) is 7.63. The van der Waals surface area contributed by atoms with Crippen LogP contribution in [-0.4, -0.2) is 37.1 Å². The standard InChI is InChI=1S/C16H29N3/c1-5-19(6-2)8-7-18-16(12-17)15-10-13(3)9-14(4)11-15/h9,13,15-16,18H,5-8,10-11H2,1-4H3. The molecule has 0 aliphatic heterocycles. The summed E-state index contributed by atoms with van der Waals surface area (Å²) < 4.78 is 0. The van der Waals surface area contributed by atoms with Gasteiger partial charge < -0.3 is 10.2 Å². The highest BCUT2D eigenvalue weighted by atomic mass is 15.1. The fourth-order valence-electron chi connectivity index (χ4n) is 3.09. The fraction of sp³-hybridized carbons (Fsp3) is 0.812. The lowest BCUT2D eigenvalue weighted by Crippen LogP contribution is -2.41. The minimum atomic E-state index is 0.00154. The molecule has 1 rings (SSSR count). The molecule has 3 unspecified atom stereocenters. The zero-order valence-corrected chi connectivity index (χ0v) is 12.9. The molecule has 0 amide bonds. The minimum Gasteiger partial charge on any atom is -0.303 e. The van der Waals surface area contributed by atoms with Crippen LogP contribution in [0.4, 0.5) is 0 Å². The van der Waals surface area contributed by atoms with Crippen molar-refractivity contribution in [2.75, 3.05) is 26.2 Å². The summed E-state index contributed by atoms with van der Waals surface area (Å²) in [6, 6.07) is 2.47. The first kappa shape index (κ1) is 16.2. The van der Waals surface area contributed by atoms with E-state index in [1.54, 1.807) is 0 Å². The molecule has 0 bridgehead atoms. The molecular formula is C16H29N3. The van der Waals surface area contributed by atoms with Crippen LogP contribution < -0.4 is 5.32 Å². The first-order valence-electron chi connectivity index (χ1n) is 7.63. The number of hydrogen-bond acceptors (Lipinski definition) is 3. The highest BCUT2D eigenvalue weighted by Gasteiger charge is 2.25. The van der Waals surface area contributed by atoms with Gasteiger partial charge in [0, 0.05) is 13.1 Å². The average molecular weight is 263 g/mol. The lowest BCUT2D eigenvalue weighted by atomic mass is 9.80. The van der Waals surface area contributed by atoms with Crippen molar-refractivity contribution >= 4 is 0 Å². The predicted octanol–water partition coefficient (Wildman–Crippen LogP) is 2.80. The molecule has 0 spiro atoms. The van der Waals surface area contributed by atoms with E-state index in [2.05, 4.69) is 50.1 Å². The molecule has 0 radical (unpaired) electrons. The normalized spacial score (nSPS) is 24.9.